The van der Waals surface area contributed by atoms with Gasteiger partial charge in [0.05, 0.1) is 5.69 Å². The van der Waals surface area contributed by atoms with Crippen molar-refractivity contribution >= 4 is 17.2 Å². The molecule has 108 valence electrons. The van der Waals surface area contributed by atoms with Crippen molar-refractivity contribution < 1.29 is 0 Å². The minimum Gasteiger partial charge on any atom is -0.370 e. The molecule has 3 nitrogen and oxygen atoms in total. The fourth-order valence-electron chi connectivity index (χ4n) is 2.06. The molecule has 0 fully saturated rings. The molecule has 0 amide bonds. The average Bonchev–Trinajstić information content (AvgIpc) is 2.83. The lowest BCUT2D eigenvalue weighted by Gasteiger charge is -2.14. The highest BCUT2D eigenvalue weighted by molar-refractivity contribution is 7.10. The van der Waals surface area contributed by atoms with E-state index in [0.29, 0.717) is 5.92 Å². The van der Waals surface area contributed by atoms with Gasteiger partial charge in [-0.1, -0.05) is 20.8 Å². The van der Waals surface area contributed by atoms with E-state index in [2.05, 4.69) is 56.4 Å². The lowest BCUT2D eigenvalue weighted by molar-refractivity contribution is 0.773. The Balaban J connectivity index is 2.51. The molecule has 0 aliphatic rings. The number of nitrogens with zero attached hydrogens (tertiary/aromatic N) is 2. The number of nitrogens with one attached hydrogen (secondary N) is 1. The van der Waals surface area contributed by atoms with Gasteiger partial charge < -0.3 is 5.32 Å². The number of aryl methyl sites for hydroxylation is 1. The summed E-state index contributed by atoms with van der Waals surface area (Å²) in [5.41, 5.74) is 3.40. The van der Waals surface area contributed by atoms with Crippen LogP contribution in [0.3, 0.4) is 0 Å². The van der Waals surface area contributed by atoms with Crippen molar-refractivity contribution in [1.29, 1.82) is 0 Å². The van der Waals surface area contributed by atoms with Crippen LogP contribution < -0.4 is 5.32 Å². The van der Waals surface area contributed by atoms with Gasteiger partial charge in [-0.2, -0.15) is 0 Å². The van der Waals surface area contributed by atoms with Crippen LogP contribution in [0.25, 0.3) is 11.3 Å². The molecular weight excluding hydrogens is 266 g/mol. The van der Waals surface area contributed by atoms with Crippen LogP contribution in [-0.2, 0) is 0 Å². The molecule has 2 aromatic heterocycles. The van der Waals surface area contributed by atoms with E-state index >= 15 is 0 Å². The summed E-state index contributed by atoms with van der Waals surface area (Å²) >= 11 is 1.77. The van der Waals surface area contributed by atoms with E-state index < -0.39 is 0 Å². The van der Waals surface area contributed by atoms with Crippen LogP contribution in [0.5, 0.6) is 0 Å². The number of thiophene rings is 1. The van der Waals surface area contributed by atoms with E-state index in [0.717, 1.165) is 35.9 Å². The Morgan fingerprint density at radius 3 is 2.55 bits per heavy atom. The molecule has 4 heteroatoms. The highest BCUT2D eigenvalue weighted by atomic mass is 32.1. The molecule has 0 aromatic carbocycles. The molecule has 0 aliphatic heterocycles. The third-order valence-electron chi connectivity index (χ3n) is 3.23. The minimum atomic E-state index is 0.330. The average molecular weight is 289 g/mol. The largest absolute Gasteiger partial charge is 0.370 e. The zero-order valence-electron chi connectivity index (χ0n) is 12.9. The van der Waals surface area contributed by atoms with Crippen molar-refractivity contribution in [3.05, 3.63) is 27.7 Å². The quantitative estimate of drug-likeness (QED) is 0.861. The summed E-state index contributed by atoms with van der Waals surface area (Å²) in [6.45, 7) is 11.6. The smallest absolute Gasteiger partial charge is 0.133 e. The Morgan fingerprint density at radius 1 is 1.25 bits per heavy atom. The van der Waals surface area contributed by atoms with Crippen LogP contribution in [-0.4, -0.2) is 16.5 Å². The van der Waals surface area contributed by atoms with Crippen LogP contribution in [0.2, 0.25) is 0 Å². The molecule has 2 rings (SSSR count). The number of hydrogen-bond acceptors (Lipinski definition) is 4. The number of anilines is 1. The first kappa shape index (κ1) is 15.0. The molecule has 0 saturated heterocycles. The molecule has 0 saturated carbocycles. The molecule has 0 bridgehead atoms. The van der Waals surface area contributed by atoms with Crippen LogP contribution in [0.4, 0.5) is 5.82 Å². The summed E-state index contributed by atoms with van der Waals surface area (Å²) < 4.78 is 0. The fourth-order valence-corrected chi connectivity index (χ4v) is 2.74. The maximum Gasteiger partial charge on any atom is 0.133 e. The Hall–Kier alpha value is -1.42. The van der Waals surface area contributed by atoms with Gasteiger partial charge in [-0.15, -0.1) is 11.3 Å². The summed E-state index contributed by atoms with van der Waals surface area (Å²) in [5.74, 6) is 2.22. The van der Waals surface area contributed by atoms with E-state index in [9.17, 15) is 0 Å². The predicted molar refractivity (Wildman–Crippen MR) is 87.7 cm³/mol. The van der Waals surface area contributed by atoms with Gasteiger partial charge in [0, 0.05) is 33.8 Å². The van der Waals surface area contributed by atoms with E-state index in [1.807, 2.05) is 0 Å². The zero-order chi connectivity index (χ0) is 14.7. The fraction of sp³-hybridized carbons (Fsp3) is 0.500. The lowest BCUT2D eigenvalue weighted by Crippen LogP contribution is -2.09. The Kier molecular flexibility index (Phi) is 4.76. The SMILES string of the molecule is CCCNc1nc(C(C)C)nc(-c2csc(C)c2)c1C. The highest BCUT2D eigenvalue weighted by Gasteiger charge is 2.15. The van der Waals surface area contributed by atoms with Gasteiger partial charge in [0.25, 0.3) is 0 Å². The summed E-state index contributed by atoms with van der Waals surface area (Å²) in [5, 5.41) is 5.61. The molecular formula is C16H23N3S. The molecule has 0 spiro atoms. The first-order valence-corrected chi connectivity index (χ1v) is 8.08. The standard InChI is InChI=1S/C16H23N3S/c1-6-7-17-16-12(5)14(13-8-11(4)20-9-13)18-15(19-16)10(2)3/h8-10H,6-7H2,1-5H3,(H,17,18,19). The lowest BCUT2D eigenvalue weighted by atomic mass is 10.1. The van der Waals surface area contributed by atoms with Crippen LogP contribution >= 0.6 is 11.3 Å². The maximum absolute atomic E-state index is 4.78. The van der Waals surface area contributed by atoms with Crippen molar-refractivity contribution in [3.8, 4) is 11.3 Å². The third-order valence-corrected chi connectivity index (χ3v) is 4.09. The van der Waals surface area contributed by atoms with E-state index in [1.54, 1.807) is 11.3 Å². The predicted octanol–water partition coefficient (Wildman–Crippen LogP) is 4.77. The number of hydrogen-bond donors (Lipinski definition) is 1. The maximum atomic E-state index is 4.78. The summed E-state index contributed by atoms with van der Waals surface area (Å²) in [7, 11) is 0. The topological polar surface area (TPSA) is 37.8 Å². The molecule has 0 aliphatic carbocycles. The molecule has 2 aromatic rings. The van der Waals surface area contributed by atoms with Crippen molar-refractivity contribution in [2.75, 3.05) is 11.9 Å². The third kappa shape index (κ3) is 3.18. The van der Waals surface area contributed by atoms with Gasteiger partial charge in [-0.25, -0.2) is 9.97 Å². The first-order valence-electron chi connectivity index (χ1n) is 7.20. The number of rotatable bonds is 5. The second-order valence-electron chi connectivity index (χ2n) is 5.43. The van der Waals surface area contributed by atoms with Crippen molar-refractivity contribution in [2.24, 2.45) is 0 Å². The van der Waals surface area contributed by atoms with Crippen molar-refractivity contribution in [1.82, 2.24) is 9.97 Å². The van der Waals surface area contributed by atoms with Crippen LogP contribution in [0, 0.1) is 13.8 Å². The second-order valence-corrected chi connectivity index (χ2v) is 6.55. The Morgan fingerprint density at radius 2 is 2.00 bits per heavy atom. The molecule has 1 N–H and O–H groups in total. The summed E-state index contributed by atoms with van der Waals surface area (Å²) in [4.78, 5) is 10.8. The highest BCUT2D eigenvalue weighted by Crippen LogP contribution is 2.30. The second kappa shape index (κ2) is 6.35. The first-order chi connectivity index (χ1) is 9.52. The zero-order valence-corrected chi connectivity index (χ0v) is 13.8. The molecule has 2 heterocycles. The minimum absolute atomic E-state index is 0.330. The molecule has 0 unspecified atom stereocenters. The van der Waals surface area contributed by atoms with Crippen molar-refractivity contribution in [3.63, 3.8) is 0 Å². The Bertz CT molecular complexity index is 587. The van der Waals surface area contributed by atoms with Gasteiger partial charge in [-0.3, -0.25) is 0 Å². The van der Waals surface area contributed by atoms with Crippen molar-refractivity contribution in [2.45, 2.75) is 47.0 Å². The summed E-state index contributed by atoms with van der Waals surface area (Å²) in [6, 6.07) is 2.20. The monoisotopic (exact) mass is 289 g/mol. The number of aromatic nitrogens is 2. The molecule has 20 heavy (non-hydrogen) atoms. The van der Waals surface area contributed by atoms with Gasteiger partial charge in [0.15, 0.2) is 0 Å². The van der Waals surface area contributed by atoms with Crippen LogP contribution in [0.15, 0.2) is 11.4 Å². The molecule has 0 atom stereocenters. The normalized spacial score (nSPS) is 11.1. The van der Waals surface area contributed by atoms with Gasteiger partial charge in [-0.05, 0) is 26.3 Å². The van der Waals surface area contributed by atoms with E-state index in [1.165, 1.54) is 10.4 Å². The van der Waals surface area contributed by atoms with Gasteiger partial charge in [0.1, 0.15) is 11.6 Å². The Labute approximate surface area is 125 Å². The summed E-state index contributed by atoms with van der Waals surface area (Å²) in [6.07, 6.45) is 1.09. The van der Waals surface area contributed by atoms with Gasteiger partial charge in [0.2, 0.25) is 0 Å². The van der Waals surface area contributed by atoms with Crippen LogP contribution in [0.1, 0.15) is 49.4 Å². The van der Waals surface area contributed by atoms with E-state index in [4.69, 9.17) is 4.98 Å². The van der Waals surface area contributed by atoms with E-state index in [-0.39, 0.29) is 0 Å². The van der Waals surface area contributed by atoms with Gasteiger partial charge >= 0.3 is 0 Å². The molecule has 0 radical (unpaired) electrons.